The Morgan fingerprint density at radius 1 is 1.45 bits per heavy atom. The van der Waals surface area contributed by atoms with Gasteiger partial charge in [0.25, 0.3) is 5.69 Å². The summed E-state index contributed by atoms with van der Waals surface area (Å²) in [5.41, 5.74) is -0.103. The molecule has 1 N–H and O–H groups in total. The van der Waals surface area contributed by atoms with Crippen LogP contribution in [-0.4, -0.2) is 26.9 Å². The van der Waals surface area contributed by atoms with Gasteiger partial charge in [0.2, 0.25) is 12.4 Å². The first-order chi connectivity index (χ1) is 9.31. The van der Waals surface area contributed by atoms with Crippen LogP contribution in [0, 0.1) is 10.1 Å². The molecule has 1 aromatic heterocycles. The van der Waals surface area contributed by atoms with Gasteiger partial charge in [0.05, 0.1) is 16.0 Å². The van der Waals surface area contributed by atoms with E-state index in [0.717, 1.165) is 5.06 Å². The smallest absolute Gasteiger partial charge is 0.297 e. The van der Waals surface area contributed by atoms with Crippen LogP contribution in [0.2, 0.25) is 0 Å². The zero-order chi connectivity index (χ0) is 14.9. The molecule has 1 aromatic carbocycles. The number of nitrogens with zero attached hydrogens (tertiary/aromatic N) is 3. The summed E-state index contributed by atoms with van der Waals surface area (Å²) in [7, 11) is 0. The van der Waals surface area contributed by atoms with Crippen molar-refractivity contribution in [2.75, 3.05) is 5.06 Å². The third-order valence-corrected chi connectivity index (χ3v) is 2.35. The molecule has 0 saturated carbocycles. The number of nitro groups is 1. The lowest BCUT2D eigenvalue weighted by atomic mass is 10.2. The highest BCUT2D eigenvalue weighted by atomic mass is 16.7. The van der Waals surface area contributed by atoms with Crippen molar-refractivity contribution >= 4 is 29.1 Å². The fraction of sp³-hybridized carbons (Fsp3) is 0.333. The molecule has 0 spiro atoms. The van der Waals surface area contributed by atoms with Gasteiger partial charge in [-0.1, -0.05) is 6.07 Å². The van der Waals surface area contributed by atoms with Gasteiger partial charge in [-0.25, -0.2) is 4.98 Å². The van der Waals surface area contributed by atoms with E-state index < -0.39 is 10.5 Å². The third kappa shape index (κ3) is 2.75. The van der Waals surface area contributed by atoms with Gasteiger partial charge < -0.3 is 4.98 Å². The van der Waals surface area contributed by atoms with Crippen molar-refractivity contribution in [3.05, 3.63) is 28.3 Å². The van der Waals surface area contributed by atoms with Crippen LogP contribution in [0.15, 0.2) is 18.2 Å². The number of hydroxylamine groups is 1. The molecule has 2 aromatic rings. The zero-order valence-corrected chi connectivity index (χ0v) is 11.3. The van der Waals surface area contributed by atoms with Gasteiger partial charge in [-0.2, -0.15) is 5.06 Å². The molecular weight excluding hydrogens is 264 g/mol. The summed E-state index contributed by atoms with van der Waals surface area (Å²) in [4.78, 5) is 33.8. The second-order valence-corrected chi connectivity index (χ2v) is 5.13. The quantitative estimate of drug-likeness (QED) is 0.524. The van der Waals surface area contributed by atoms with Crippen LogP contribution in [0.5, 0.6) is 0 Å². The van der Waals surface area contributed by atoms with E-state index in [9.17, 15) is 14.9 Å². The largest absolute Gasteiger partial charge is 0.322 e. The monoisotopic (exact) mass is 278 g/mol. The number of rotatable bonds is 4. The zero-order valence-electron chi connectivity index (χ0n) is 11.3. The maximum absolute atomic E-state index is 11.1. The highest BCUT2D eigenvalue weighted by molar-refractivity contribution is 5.87. The number of H-pyrrole nitrogens is 1. The van der Waals surface area contributed by atoms with Crippen molar-refractivity contribution in [3.63, 3.8) is 0 Å². The van der Waals surface area contributed by atoms with E-state index in [-0.39, 0.29) is 17.2 Å². The van der Waals surface area contributed by atoms with Gasteiger partial charge in [-0.3, -0.25) is 19.7 Å². The van der Waals surface area contributed by atoms with Gasteiger partial charge in [0.1, 0.15) is 0 Å². The molecule has 106 valence electrons. The highest BCUT2D eigenvalue weighted by Gasteiger charge is 2.22. The average Bonchev–Trinajstić information content (AvgIpc) is 2.77. The van der Waals surface area contributed by atoms with Crippen LogP contribution in [0.25, 0.3) is 11.0 Å². The number of carbonyl (C=O) groups excluding carboxylic acids is 1. The summed E-state index contributed by atoms with van der Waals surface area (Å²) in [6, 6.07) is 4.53. The lowest BCUT2D eigenvalue weighted by Gasteiger charge is -2.24. The second-order valence-electron chi connectivity index (χ2n) is 5.13. The van der Waals surface area contributed by atoms with E-state index >= 15 is 0 Å². The van der Waals surface area contributed by atoms with Crippen molar-refractivity contribution in [1.29, 1.82) is 0 Å². The molecule has 0 atom stereocenters. The van der Waals surface area contributed by atoms with E-state index in [0.29, 0.717) is 11.9 Å². The Kier molecular flexibility index (Phi) is 3.41. The molecule has 1 heterocycles. The lowest BCUT2D eigenvalue weighted by Crippen LogP contribution is -2.33. The summed E-state index contributed by atoms with van der Waals surface area (Å²) in [5, 5.41) is 11.9. The number of nitrogens with one attached hydrogen (secondary N) is 1. The van der Waals surface area contributed by atoms with Crippen molar-refractivity contribution in [1.82, 2.24) is 9.97 Å². The molecule has 20 heavy (non-hydrogen) atoms. The number of hydrogen-bond donors (Lipinski definition) is 1. The predicted molar refractivity (Wildman–Crippen MR) is 72.1 cm³/mol. The number of fused-ring (bicyclic) bond motifs is 1. The molecule has 0 bridgehead atoms. The Morgan fingerprint density at radius 2 is 2.15 bits per heavy atom. The van der Waals surface area contributed by atoms with Crippen molar-refractivity contribution in [2.24, 2.45) is 0 Å². The van der Waals surface area contributed by atoms with Gasteiger partial charge in [0, 0.05) is 6.07 Å². The predicted octanol–water partition coefficient (Wildman–Crippen LogP) is 2.16. The number of benzene rings is 1. The molecule has 0 aliphatic rings. The van der Waals surface area contributed by atoms with Crippen LogP contribution in [-0.2, 0) is 9.63 Å². The summed E-state index contributed by atoms with van der Waals surface area (Å²) in [5.74, 6) is 0.0965. The number of imidazole rings is 1. The van der Waals surface area contributed by atoms with Gasteiger partial charge in [-0.05, 0) is 26.8 Å². The summed E-state index contributed by atoms with van der Waals surface area (Å²) >= 11 is 0. The number of aromatic nitrogens is 2. The Labute approximate surface area is 114 Å². The first kappa shape index (κ1) is 13.9. The maximum atomic E-state index is 11.1. The van der Waals surface area contributed by atoms with E-state index in [4.69, 9.17) is 4.84 Å². The minimum atomic E-state index is -0.605. The standard InChI is InChI=1S/C12H14N4O4/c1-12(2,3)20-15(7-17)11-13-8-5-4-6-9(16(18)19)10(8)14-11/h4-7H,1-3H3,(H,13,14). The normalized spacial score (nSPS) is 11.6. The maximum Gasteiger partial charge on any atom is 0.297 e. The molecule has 8 heteroatoms. The number of aromatic amines is 1. The molecule has 0 aliphatic heterocycles. The Morgan fingerprint density at radius 3 is 2.70 bits per heavy atom. The fourth-order valence-electron chi connectivity index (χ4n) is 1.67. The average molecular weight is 278 g/mol. The van der Waals surface area contributed by atoms with Gasteiger partial charge in [0.15, 0.2) is 5.52 Å². The number of para-hydroxylation sites is 1. The molecule has 0 aliphatic carbocycles. The molecule has 1 amide bonds. The van der Waals surface area contributed by atoms with Crippen LogP contribution >= 0.6 is 0 Å². The topological polar surface area (TPSA) is 101 Å². The molecule has 0 unspecified atom stereocenters. The summed E-state index contributed by atoms with van der Waals surface area (Å²) in [6.45, 7) is 5.32. The van der Waals surface area contributed by atoms with Crippen molar-refractivity contribution in [2.45, 2.75) is 26.4 Å². The van der Waals surface area contributed by atoms with Crippen molar-refractivity contribution in [3.8, 4) is 0 Å². The summed E-state index contributed by atoms with van der Waals surface area (Å²) in [6.07, 6.45) is 0.453. The second kappa shape index (κ2) is 4.89. The SMILES string of the molecule is CC(C)(C)ON(C=O)c1nc2c([N+](=O)[O-])cccc2[nH]1. The molecule has 0 fully saturated rings. The van der Waals surface area contributed by atoms with E-state index in [1.54, 1.807) is 26.8 Å². The van der Waals surface area contributed by atoms with E-state index in [1.165, 1.54) is 12.1 Å². The number of hydrogen-bond acceptors (Lipinski definition) is 5. The van der Waals surface area contributed by atoms with Gasteiger partial charge >= 0.3 is 0 Å². The van der Waals surface area contributed by atoms with E-state index in [2.05, 4.69) is 9.97 Å². The number of nitro benzene ring substituents is 1. The molecule has 2 rings (SSSR count). The molecule has 8 nitrogen and oxygen atoms in total. The molecule has 0 saturated heterocycles. The minimum absolute atomic E-state index is 0.0965. The first-order valence-corrected chi connectivity index (χ1v) is 5.88. The lowest BCUT2D eigenvalue weighted by molar-refractivity contribution is -0.383. The Hall–Kier alpha value is -2.48. The van der Waals surface area contributed by atoms with Crippen LogP contribution in [0.3, 0.4) is 0 Å². The fourth-order valence-corrected chi connectivity index (χ4v) is 1.67. The first-order valence-electron chi connectivity index (χ1n) is 5.88. The Balaban J connectivity index is 2.48. The molecular formula is C12H14N4O4. The minimum Gasteiger partial charge on any atom is -0.322 e. The molecule has 0 radical (unpaired) electrons. The number of carbonyl (C=O) groups is 1. The number of non-ortho nitro benzene ring substituents is 1. The Bertz CT molecular complexity index is 659. The van der Waals surface area contributed by atoms with Crippen LogP contribution in [0.4, 0.5) is 11.6 Å². The van der Waals surface area contributed by atoms with Crippen molar-refractivity contribution < 1.29 is 14.6 Å². The number of amides is 1. The van der Waals surface area contributed by atoms with Crippen LogP contribution < -0.4 is 5.06 Å². The van der Waals surface area contributed by atoms with Gasteiger partial charge in [-0.15, -0.1) is 0 Å². The highest BCUT2D eigenvalue weighted by Crippen LogP contribution is 2.26. The summed E-state index contributed by atoms with van der Waals surface area (Å²) < 4.78 is 0. The third-order valence-electron chi connectivity index (χ3n) is 2.35. The van der Waals surface area contributed by atoms with E-state index in [1.807, 2.05) is 0 Å². The van der Waals surface area contributed by atoms with Crippen LogP contribution in [0.1, 0.15) is 20.8 Å². The number of anilines is 1.